The van der Waals surface area contributed by atoms with Crippen LogP contribution in [-0.4, -0.2) is 60.2 Å². The van der Waals surface area contributed by atoms with Crippen molar-refractivity contribution in [1.29, 1.82) is 0 Å². The first-order chi connectivity index (χ1) is 14.3. The summed E-state index contributed by atoms with van der Waals surface area (Å²) in [6, 6.07) is 10.1. The number of carbonyl (C=O) groups is 2. The number of ketones is 1. The Morgan fingerprint density at radius 1 is 1.13 bits per heavy atom. The van der Waals surface area contributed by atoms with Gasteiger partial charge in [-0.25, -0.2) is 4.79 Å². The van der Waals surface area contributed by atoms with Gasteiger partial charge in [-0.1, -0.05) is 11.6 Å². The van der Waals surface area contributed by atoms with Gasteiger partial charge in [0.25, 0.3) is 0 Å². The molecule has 7 nitrogen and oxygen atoms in total. The smallest absolute Gasteiger partial charge is 0.337 e. The van der Waals surface area contributed by atoms with Crippen molar-refractivity contribution in [2.75, 3.05) is 43.5 Å². The number of hydrogen-bond acceptors (Lipinski definition) is 5. The predicted molar refractivity (Wildman–Crippen MR) is 121 cm³/mol. The first kappa shape index (κ1) is 21.9. The second-order valence-electron chi connectivity index (χ2n) is 6.85. The average Bonchev–Trinajstić information content (AvgIpc) is 2.73. The summed E-state index contributed by atoms with van der Waals surface area (Å²) in [6.45, 7) is 4.39. The molecule has 158 valence electrons. The molecule has 0 spiro atoms. The van der Waals surface area contributed by atoms with Gasteiger partial charge in [0, 0.05) is 37.4 Å². The number of piperazine rings is 1. The normalized spacial score (nSPS) is 13.7. The highest BCUT2D eigenvalue weighted by molar-refractivity contribution is 7.80. The van der Waals surface area contributed by atoms with Gasteiger partial charge in [-0.2, -0.15) is 0 Å². The summed E-state index contributed by atoms with van der Waals surface area (Å²) >= 11 is 11.5. The summed E-state index contributed by atoms with van der Waals surface area (Å²) < 4.78 is 5.48. The highest BCUT2D eigenvalue weighted by Gasteiger charge is 2.22. The van der Waals surface area contributed by atoms with Crippen LogP contribution in [0.4, 0.5) is 11.4 Å². The van der Waals surface area contributed by atoms with Crippen molar-refractivity contribution in [2.24, 2.45) is 0 Å². The van der Waals surface area contributed by atoms with Crippen molar-refractivity contribution < 1.29 is 19.4 Å². The van der Waals surface area contributed by atoms with E-state index in [1.807, 2.05) is 17.0 Å². The Hall–Kier alpha value is -2.84. The lowest BCUT2D eigenvalue weighted by Gasteiger charge is -2.38. The van der Waals surface area contributed by atoms with Crippen molar-refractivity contribution in [3.8, 4) is 5.75 Å². The molecule has 2 N–H and O–H groups in total. The number of hydrogen-bond donors (Lipinski definition) is 2. The van der Waals surface area contributed by atoms with E-state index in [4.69, 9.17) is 33.7 Å². The lowest BCUT2D eigenvalue weighted by atomic mass is 10.1. The molecule has 0 amide bonds. The van der Waals surface area contributed by atoms with Gasteiger partial charge in [-0.15, -0.1) is 0 Å². The highest BCUT2D eigenvalue weighted by Crippen LogP contribution is 2.30. The molecular formula is C21H22ClN3O4S. The first-order valence-corrected chi connectivity index (χ1v) is 10.1. The number of carbonyl (C=O) groups excluding carboxylic acids is 1. The number of Topliss-reactive ketones (excluding diaryl/α,β-unsaturated/α-hetero) is 1. The van der Waals surface area contributed by atoms with Crippen molar-refractivity contribution in [1.82, 2.24) is 4.90 Å². The van der Waals surface area contributed by atoms with Crippen LogP contribution in [0.1, 0.15) is 27.6 Å². The maximum Gasteiger partial charge on any atom is 0.337 e. The fourth-order valence-electron chi connectivity index (χ4n) is 3.28. The largest absolute Gasteiger partial charge is 0.495 e. The summed E-state index contributed by atoms with van der Waals surface area (Å²) in [5.41, 5.74) is 2.25. The molecule has 0 aliphatic carbocycles. The van der Waals surface area contributed by atoms with Crippen LogP contribution in [0.15, 0.2) is 36.4 Å². The third kappa shape index (κ3) is 4.83. The van der Waals surface area contributed by atoms with Gasteiger partial charge < -0.3 is 25.0 Å². The van der Waals surface area contributed by atoms with E-state index in [-0.39, 0.29) is 16.4 Å². The fourth-order valence-corrected chi connectivity index (χ4v) is 3.84. The predicted octanol–water partition coefficient (Wildman–Crippen LogP) is 3.77. The van der Waals surface area contributed by atoms with Crippen molar-refractivity contribution in [2.45, 2.75) is 6.92 Å². The van der Waals surface area contributed by atoms with Crippen LogP contribution in [0.3, 0.4) is 0 Å². The number of halogens is 1. The van der Waals surface area contributed by atoms with E-state index in [1.54, 1.807) is 25.3 Å². The topological polar surface area (TPSA) is 82.1 Å². The van der Waals surface area contributed by atoms with Gasteiger partial charge in [0.05, 0.1) is 23.4 Å². The van der Waals surface area contributed by atoms with E-state index in [9.17, 15) is 9.59 Å². The Bertz CT molecular complexity index is 990. The zero-order valence-electron chi connectivity index (χ0n) is 16.6. The number of anilines is 2. The number of nitrogens with zero attached hydrogens (tertiary/aromatic N) is 2. The number of rotatable bonds is 5. The van der Waals surface area contributed by atoms with Gasteiger partial charge >= 0.3 is 5.97 Å². The van der Waals surface area contributed by atoms with E-state index in [1.165, 1.54) is 13.0 Å². The lowest BCUT2D eigenvalue weighted by Crippen LogP contribution is -2.50. The summed E-state index contributed by atoms with van der Waals surface area (Å²) in [6.07, 6.45) is 0. The van der Waals surface area contributed by atoms with Crippen molar-refractivity contribution in [3.05, 3.63) is 52.5 Å². The van der Waals surface area contributed by atoms with Gasteiger partial charge in [0.2, 0.25) is 0 Å². The molecule has 0 radical (unpaired) electrons. The molecule has 0 bridgehead atoms. The summed E-state index contributed by atoms with van der Waals surface area (Å²) in [4.78, 5) is 26.9. The van der Waals surface area contributed by atoms with E-state index >= 15 is 0 Å². The van der Waals surface area contributed by atoms with Crippen LogP contribution in [0.5, 0.6) is 5.75 Å². The summed E-state index contributed by atoms with van der Waals surface area (Å²) in [5.74, 6) is -0.403. The molecule has 0 aromatic heterocycles. The average molecular weight is 448 g/mol. The third-order valence-electron chi connectivity index (χ3n) is 4.94. The molecule has 1 saturated heterocycles. The monoisotopic (exact) mass is 447 g/mol. The molecule has 0 unspecified atom stereocenters. The maximum absolute atomic E-state index is 11.6. The number of thiocarbonyl (C=S) groups is 1. The van der Waals surface area contributed by atoms with Gasteiger partial charge in [-0.3, -0.25) is 4.79 Å². The highest BCUT2D eigenvalue weighted by atomic mass is 35.5. The molecule has 2 aromatic rings. The number of nitrogens with one attached hydrogen (secondary N) is 1. The molecule has 0 saturated carbocycles. The van der Waals surface area contributed by atoms with E-state index in [2.05, 4.69) is 10.2 Å². The van der Waals surface area contributed by atoms with E-state index < -0.39 is 5.97 Å². The minimum atomic E-state index is -1.07. The van der Waals surface area contributed by atoms with Crippen molar-refractivity contribution >= 4 is 52.1 Å². The summed E-state index contributed by atoms with van der Waals surface area (Å²) in [5, 5.41) is 12.9. The number of ether oxygens (including phenoxy) is 1. The standard InChI is InChI=1S/C21H22ClN3O4S/c1-13(26)14-3-6-18(19(11-14)29-2)24-7-9-25(10-8-24)21(30)23-15-4-5-16(20(27)28)17(22)12-15/h3-6,11-12H,7-10H2,1-2H3,(H,23,30)(H,27,28). The van der Waals surface area contributed by atoms with Gasteiger partial charge in [0.1, 0.15) is 5.75 Å². The Morgan fingerprint density at radius 3 is 2.40 bits per heavy atom. The molecule has 1 aliphatic rings. The van der Waals surface area contributed by atoms with Crippen molar-refractivity contribution in [3.63, 3.8) is 0 Å². The number of aromatic carboxylic acids is 1. The molecular weight excluding hydrogens is 426 g/mol. The van der Waals surface area contributed by atoms with Crippen LogP contribution in [0.2, 0.25) is 5.02 Å². The Kier molecular flexibility index (Phi) is 6.79. The Labute approximate surface area is 185 Å². The number of carboxylic acid groups (broad SMARTS) is 1. The quantitative estimate of drug-likeness (QED) is 0.529. The minimum absolute atomic E-state index is 0.00224. The molecule has 3 rings (SSSR count). The SMILES string of the molecule is COc1cc(C(C)=O)ccc1N1CCN(C(=S)Nc2ccc(C(=O)O)c(Cl)c2)CC1. The van der Waals surface area contributed by atoms with Crippen LogP contribution < -0.4 is 15.0 Å². The molecule has 1 fully saturated rings. The van der Waals surface area contributed by atoms with E-state index in [0.717, 1.165) is 18.8 Å². The zero-order valence-corrected chi connectivity index (χ0v) is 18.2. The second kappa shape index (κ2) is 9.32. The maximum atomic E-state index is 11.6. The van der Waals surface area contributed by atoms with E-state index in [0.29, 0.717) is 35.2 Å². The minimum Gasteiger partial charge on any atom is -0.495 e. The molecule has 1 aliphatic heterocycles. The molecule has 1 heterocycles. The molecule has 2 aromatic carbocycles. The Balaban J connectivity index is 1.63. The number of methoxy groups -OCH3 is 1. The summed E-state index contributed by atoms with van der Waals surface area (Å²) in [7, 11) is 1.60. The second-order valence-corrected chi connectivity index (χ2v) is 7.64. The Morgan fingerprint density at radius 2 is 1.83 bits per heavy atom. The number of carboxylic acids is 1. The third-order valence-corrected chi connectivity index (χ3v) is 5.62. The zero-order chi connectivity index (χ0) is 21.8. The van der Waals surface area contributed by atoms with Crippen LogP contribution in [0.25, 0.3) is 0 Å². The van der Waals surface area contributed by atoms with Gasteiger partial charge in [0.15, 0.2) is 10.9 Å². The van der Waals surface area contributed by atoms with Gasteiger partial charge in [-0.05, 0) is 55.5 Å². The molecule has 30 heavy (non-hydrogen) atoms. The van der Waals surface area contributed by atoms with Crippen LogP contribution in [-0.2, 0) is 0 Å². The first-order valence-electron chi connectivity index (χ1n) is 9.33. The molecule has 0 atom stereocenters. The number of benzene rings is 2. The fraction of sp³-hybridized carbons (Fsp3) is 0.286. The van der Waals surface area contributed by atoms with Crippen LogP contribution >= 0.6 is 23.8 Å². The molecule has 9 heteroatoms. The van der Waals surface area contributed by atoms with Crippen LogP contribution in [0, 0.1) is 0 Å². The lowest BCUT2D eigenvalue weighted by molar-refractivity contribution is 0.0697.